The molecule has 0 bridgehead atoms. The van der Waals surface area contributed by atoms with Crippen LogP contribution in [0.1, 0.15) is 20.8 Å². The molecule has 0 saturated heterocycles. The van der Waals surface area contributed by atoms with Gasteiger partial charge in [0.2, 0.25) is 0 Å². The van der Waals surface area contributed by atoms with Gasteiger partial charge in [0, 0.05) is 18.3 Å². The zero-order chi connectivity index (χ0) is 14.3. The van der Waals surface area contributed by atoms with E-state index in [1.54, 1.807) is 0 Å². The Hall–Kier alpha value is -1.68. The lowest BCUT2D eigenvalue weighted by atomic mass is 10.2. The first kappa shape index (κ1) is 15.4. The van der Waals surface area contributed by atoms with E-state index in [0.29, 0.717) is 24.7 Å². The molecule has 0 amide bonds. The topological polar surface area (TPSA) is 56.5 Å². The van der Waals surface area contributed by atoms with Crippen LogP contribution in [0.25, 0.3) is 0 Å². The van der Waals surface area contributed by atoms with Gasteiger partial charge in [0.05, 0.1) is 25.0 Å². The highest BCUT2D eigenvalue weighted by Gasteiger charge is 2.04. The first-order valence-electron chi connectivity index (χ1n) is 6.51. The molecule has 1 rings (SSSR count). The predicted molar refractivity (Wildman–Crippen MR) is 80.7 cm³/mol. The minimum atomic E-state index is 0.108. The van der Waals surface area contributed by atoms with Crippen molar-refractivity contribution in [3.63, 3.8) is 0 Å². The van der Waals surface area contributed by atoms with E-state index >= 15 is 0 Å². The number of anilines is 2. The second-order valence-corrected chi connectivity index (χ2v) is 4.86. The summed E-state index contributed by atoms with van der Waals surface area (Å²) in [5.41, 5.74) is 8.51. The van der Waals surface area contributed by atoms with Crippen LogP contribution in [0.5, 0.6) is 5.75 Å². The number of benzene rings is 1. The van der Waals surface area contributed by atoms with Crippen LogP contribution in [0, 0.1) is 0 Å². The first-order chi connectivity index (χ1) is 8.99. The molecule has 1 aromatic carbocycles. The Morgan fingerprint density at radius 1 is 1.42 bits per heavy atom. The molecule has 0 aliphatic heterocycles. The molecule has 0 atom stereocenters. The van der Waals surface area contributed by atoms with Gasteiger partial charge < -0.3 is 20.5 Å². The Balaban J connectivity index is 2.43. The summed E-state index contributed by atoms with van der Waals surface area (Å²) in [7, 11) is 0. The second-order valence-electron chi connectivity index (χ2n) is 4.86. The Bertz CT molecular complexity index is 417. The van der Waals surface area contributed by atoms with Crippen LogP contribution in [0.2, 0.25) is 0 Å². The maximum Gasteiger partial charge on any atom is 0.144 e. The number of rotatable bonds is 8. The zero-order valence-corrected chi connectivity index (χ0v) is 12.0. The molecule has 0 heterocycles. The fourth-order valence-electron chi connectivity index (χ4n) is 1.51. The summed E-state index contributed by atoms with van der Waals surface area (Å²) in [6.07, 6.45) is 0.108. The van der Waals surface area contributed by atoms with Crippen LogP contribution in [0.4, 0.5) is 11.4 Å². The molecule has 0 fully saturated rings. The fraction of sp³-hybridized carbons (Fsp3) is 0.467. The van der Waals surface area contributed by atoms with E-state index in [1.165, 1.54) is 0 Å². The standard InChI is InChI=1S/C15H24N2O2/c1-11(2)10-18-8-7-17-13-5-6-14(16)15(9-13)19-12(3)4/h5-6,9,12,17H,1,7-8,10,16H2,2-4H3. The van der Waals surface area contributed by atoms with Crippen LogP contribution in [0.3, 0.4) is 0 Å². The van der Waals surface area contributed by atoms with Gasteiger partial charge >= 0.3 is 0 Å². The lowest BCUT2D eigenvalue weighted by Gasteiger charge is -2.14. The van der Waals surface area contributed by atoms with E-state index in [2.05, 4.69) is 11.9 Å². The van der Waals surface area contributed by atoms with Crippen molar-refractivity contribution < 1.29 is 9.47 Å². The van der Waals surface area contributed by atoms with Crippen molar-refractivity contribution in [2.75, 3.05) is 30.8 Å². The quantitative estimate of drug-likeness (QED) is 0.430. The van der Waals surface area contributed by atoms with E-state index < -0.39 is 0 Å². The number of hydrogen-bond donors (Lipinski definition) is 2. The fourth-order valence-corrected chi connectivity index (χ4v) is 1.51. The van der Waals surface area contributed by atoms with Crippen molar-refractivity contribution in [3.8, 4) is 5.75 Å². The number of ether oxygens (including phenoxy) is 2. The molecular formula is C15H24N2O2. The molecule has 106 valence electrons. The highest BCUT2D eigenvalue weighted by molar-refractivity contribution is 5.61. The molecule has 4 heteroatoms. The van der Waals surface area contributed by atoms with Gasteiger partial charge in [0.25, 0.3) is 0 Å². The van der Waals surface area contributed by atoms with Crippen LogP contribution in [0.15, 0.2) is 30.4 Å². The maximum absolute atomic E-state index is 5.86. The van der Waals surface area contributed by atoms with Crippen LogP contribution >= 0.6 is 0 Å². The van der Waals surface area contributed by atoms with Gasteiger partial charge in [-0.2, -0.15) is 0 Å². The smallest absolute Gasteiger partial charge is 0.144 e. The molecule has 0 aliphatic carbocycles. The predicted octanol–water partition coefficient (Wildman–Crippen LogP) is 3.06. The second kappa shape index (κ2) is 7.69. The Kier molecular flexibility index (Phi) is 6.22. The summed E-state index contributed by atoms with van der Waals surface area (Å²) >= 11 is 0. The molecule has 0 aromatic heterocycles. The molecule has 0 aliphatic rings. The summed E-state index contributed by atoms with van der Waals surface area (Å²) in [6.45, 7) is 11.7. The van der Waals surface area contributed by atoms with Gasteiger partial charge in [-0.15, -0.1) is 0 Å². The van der Waals surface area contributed by atoms with Crippen molar-refractivity contribution in [2.24, 2.45) is 0 Å². The summed E-state index contributed by atoms with van der Waals surface area (Å²) in [5, 5.41) is 3.27. The van der Waals surface area contributed by atoms with Crippen molar-refractivity contribution in [1.82, 2.24) is 0 Å². The third-order valence-corrected chi connectivity index (χ3v) is 2.30. The maximum atomic E-state index is 5.86. The lowest BCUT2D eigenvalue weighted by molar-refractivity contribution is 0.167. The molecule has 3 N–H and O–H groups in total. The van der Waals surface area contributed by atoms with Gasteiger partial charge in [0.1, 0.15) is 5.75 Å². The minimum Gasteiger partial charge on any atom is -0.489 e. The average molecular weight is 264 g/mol. The van der Waals surface area contributed by atoms with E-state index in [0.717, 1.165) is 17.8 Å². The van der Waals surface area contributed by atoms with Crippen molar-refractivity contribution in [2.45, 2.75) is 26.9 Å². The van der Waals surface area contributed by atoms with Gasteiger partial charge in [0.15, 0.2) is 0 Å². The van der Waals surface area contributed by atoms with Gasteiger partial charge in [-0.1, -0.05) is 12.2 Å². The number of hydrogen-bond acceptors (Lipinski definition) is 4. The molecule has 19 heavy (non-hydrogen) atoms. The summed E-state index contributed by atoms with van der Waals surface area (Å²) in [6, 6.07) is 5.68. The Morgan fingerprint density at radius 2 is 2.16 bits per heavy atom. The summed E-state index contributed by atoms with van der Waals surface area (Å²) in [5.74, 6) is 0.711. The summed E-state index contributed by atoms with van der Waals surface area (Å²) < 4.78 is 11.1. The lowest BCUT2D eigenvalue weighted by Crippen LogP contribution is -2.11. The highest BCUT2D eigenvalue weighted by Crippen LogP contribution is 2.26. The molecule has 0 saturated carbocycles. The third-order valence-electron chi connectivity index (χ3n) is 2.30. The van der Waals surface area contributed by atoms with E-state index in [9.17, 15) is 0 Å². The van der Waals surface area contributed by atoms with E-state index in [4.69, 9.17) is 15.2 Å². The van der Waals surface area contributed by atoms with Gasteiger partial charge in [-0.25, -0.2) is 0 Å². The Labute approximate surface area is 115 Å². The molecule has 0 unspecified atom stereocenters. The SMILES string of the molecule is C=C(C)COCCNc1ccc(N)c(OC(C)C)c1. The van der Waals surface area contributed by atoms with Crippen LogP contribution < -0.4 is 15.8 Å². The van der Waals surface area contributed by atoms with Crippen LogP contribution in [-0.4, -0.2) is 25.9 Å². The molecular weight excluding hydrogens is 240 g/mol. The van der Waals surface area contributed by atoms with Crippen molar-refractivity contribution in [1.29, 1.82) is 0 Å². The third kappa shape index (κ3) is 6.15. The summed E-state index contributed by atoms with van der Waals surface area (Å²) in [4.78, 5) is 0. The average Bonchev–Trinajstić information content (AvgIpc) is 2.31. The number of nitrogen functional groups attached to an aromatic ring is 1. The van der Waals surface area contributed by atoms with Crippen LogP contribution in [-0.2, 0) is 4.74 Å². The normalized spacial score (nSPS) is 10.5. The molecule has 4 nitrogen and oxygen atoms in total. The van der Waals surface area contributed by atoms with E-state index in [-0.39, 0.29) is 6.10 Å². The Morgan fingerprint density at radius 3 is 2.79 bits per heavy atom. The molecule has 1 aromatic rings. The highest BCUT2D eigenvalue weighted by atomic mass is 16.5. The van der Waals surface area contributed by atoms with Gasteiger partial charge in [-0.3, -0.25) is 0 Å². The van der Waals surface area contributed by atoms with E-state index in [1.807, 2.05) is 39.0 Å². The largest absolute Gasteiger partial charge is 0.489 e. The molecule has 0 spiro atoms. The number of nitrogens with one attached hydrogen (secondary N) is 1. The number of nitrogens with two attached hydrogens (primary N) is 1. The van der Waals surface area contributed by atoms with Gasteiger partial charge in [-0.05, 0) is 32.9 Å². The first-order valence-corrected chi connectivity index (χ1v) is 6.51. The monoisotopic (exact) mass is 264 g/mol. The van der Waals surface area contributed by atoms with Crippen molar-refractivity contribution in [3.05, 3.63) is 30.4 Å². The van der Waals surface area contributed by atoms with Crippen molar-refractivity contribution >= 4 is 11.4 Å². The zero-order valence-electron chi connectivity index (χ0n) is 12.0. The molecule has 0 radical (unpaired) electrons. The minimum absolute atomic E-state index is 0.108.